The maximum atomic E-state index is 12.6. The van der Waals surface area contributed by atoms with Crippen LogP contribution in [-0.2, 0) is 0 Å². The first kappa shape index (κ1) is 14.1. The minimum atomic E-state index is -0.164. The zero-order chi connectivity index (χ0) is 15.0. The van der Waals surface area contributed by atoms with Crippen LogP contribution < -0.4 is 4.90 Å². The Bertz CT molecular complexity index is 726. The van der Waals surface area contributed by atoms with Crippen molar-refractivity contribution in [2.24, 2.45) is 0 Å². The van der Waals surface area contributed by atoms with Crippen LogP contribution in [-0.4, -0.2) is 18.2 Å². The van der Waals surface area contributed by atoms with Gasteiger partial charge in [-0.25, -0.2) is 0 Å². The molecule has 0 atom stereocenters. The molecule has 1 amide bonds. The van der Waals surface area contributed by atoms with Crippen LogP contribution in [0.5, 0.6) is 0 Å². The highest BCUT2D eigenvalue weighted by molar-refractivity contribution is 6.35. The molecule has 3 nitrogen and oxygen atoms in total. The van der Waals surface area contributed by atoms with E-state index in [0.717, 1.165) is 0 Å². The number of carbonyl (C=O) groups is 2. The first-order valence-electron chi connectivity index (χ1n) is 6.47. The van der Waals surface area contributed by atoms with E-state index in [-0.39, 0.29) is 18.1 Å². The SMILES string of the molecule is O=C1CCN(C(=O)c2ccc(Cl)cc2)c2cccc(Cl)c21. The molecule has 0 spiro atoms. The Hall–Kier alpha value is -1.84. The van der Waals surface area contributed by atoms with Gasteiger partial charge in [0.05, 0.1) is 16.3 Å². The van der Waals surface area contributed by atoms with Crippen LogP contribution in [0.15, 0.2) is 42.5 Å². The van der Waals surface area contributed by atoms with Gasteiger partial charge in [0.25, 0.3) is 5.91 Å². The summed E-state index contributed by atoms with van der Waals surface area (Å²) in [6, 6.07) is 11.8. The lowest BCUT2D eigenvalue weighted by atomic mass is 9.99. The van der Waals surface area contributed by atoms with Gasteiger partial charge >= 0.3 is 0 Å². The first-order valence-corrected chi connectivity index (χ1v) is 7.22. The molecule has 0 bridgehead atoms. The Balaban J connectivity index is 2.03. The second-order valence-corrected chi connectivity index (χ2v) is 5.61. The average Bonchev–Trinajstić information content (AvgIpc) is 2.48. The van der Waals surface area contributed by atoms with Crippen molar-refractivity contribution < 1.29 is 9.59 Å². The molecule has 0 saturated carbocycles. The molecule has 0 radical (unpaired) electrons. The number of benzene rings is 2. The molecular formula is C16H11Cl2NO2. The Morgan fingerprint density at radius 2 is 1.76 bits per heavy atom. The van der Waals surface area contributed by atoms with Gasteiger partial charge in [0.1, 0.15) is 0 Å². The summed E-state index contributed by atoms with van der Waals surface area (Å²) in [5.41, 5.74) is 1.52. The number of halogens is 2. The van der Waals surface area contributed by atoms with Gasteiger partial charge in [-0.1, -0.05) is 29.3 Å². The second-order valence-electron chi connectivity index (χ2n) is 4.77. The second kappa shape index (κ2) is 5.51. The molecule has 0 fully saturated rings. The zero-order valence-corrected chi connectivity index (χ0v) is 12.5. The Morgan fingerprint density at radius 1 is 1.05 bits per heavy atom. The summed E-state index contributed by atoms with van der Waals surface area (Å²) < 4.78 is 0. The highest BCUT2D eigenvalue weighted by Crippen LogP contribution is 2.33. The van der Waals surface area contributed by atoms with Gasteiger partial charge in [0, 0.05) is 23.6 Å². The third kappa shape index (κ3) is 2.55. The minimum absolute atomic E-state index is 0.0317. The van der Waals surface area contributed by atoms with Gasteiger partial charge in [-0.05, 0) is 36.4 Å². The van der Waals surface area contributed by atoms with E-state index in [2.05, 4.69) is 0 Å². The first-order chi connectivity index (χ1) is 10.1. The quantitative estimate of drug-likeness (QED) is 0.789. The fourth-order valence-corrected chi connectivity index (χ4v) is 2.83. The smallest absolute Gasteiger partial charge is 0.258 e. The summed E-state index contributed by atoms with van der Waals surface area (Å²) >= 11 is 11.9. The molecule has 0 N–H and O–H groups in total. The minimum Gasteiger partial charge on any atom is -0.307 e. The van der Waals surface area contributed by atoms with Gasteiger partial charge in [-0.15, -0.1) is 0 Å². The third-order valence-electron chi connectivity index (χ3n) is 3.46. The number of hydrogen-bond acceptors (Lipinski definition) is 2. The lowest BCUT2D eigenvalue weighted by Gasteiger charge is -2.29. The highest BCUT2D eigenvalue weighted by Gasteiger charge is 2.29. The molecule has 1 aliphatic heterocycles. The maximum absolute atomic E-state index is 12.6. The maximum Gasteiger partial charge on any atom is 0.258 e. The summed E-state index contributed by atoms with van der Waals surface area (Å²) in [6.07, 6.45) is 0.274. The predicted molar refractivity (Wildman–Crippen MR) is 83.5 cm³/mol. The molecule has 1 heterocycles. The van der Waals surface area contributed by atoms with Crippen LogP contribution in [0.25, 0.3) is 0 Å². The summed E-state index contributed by atoms with van der Waals surface area (Å²) in [6.45, 7) is 0.355. The zero-order valence-electron chi connectivity index (χ0n) is 11.0. The van der Waals surface area contributed by atoms with Crippen molar-refractivity contribution in [1.29, 1.82) is 0 Å². The Labute approximate surface area is 132 Å². The third-order valence-corrected chi connectivity index (χ3v) is 4.03. The van der Waals surface area contributed by atoms with Gasteiger partial charge in [-0.2, -0.15) is 0 Å². The van der Waals surface area contributed by atoms with E-state index in [9.17, 15) is 9.59 Å². The van der Waals surface area contributed by atoms with E-state index >= 15 is 0 Å². The number of carbonyl (C=O) groups excluding carboxylic acids is 2. The molecule has 0 aromatic heterocycles. The van der Waals surface area contributed by atoms with Crippen LogP contribution in [0.3, 0.4) is 0 Å². The van der Waals surface area contributed by atoms with Crippen molar-refractivity contribution >= 4 is 40.6 Å². The van der Waals surface area contributed by atoms with Crippen LogP contribution in [0, 0.1) is 0 Å². The summed E-state index contributed by atoms with van der Waals surface area (Å²) in [5.74, 6) is -0.196. The van der Waals surface area contributed by atoms with Crippen LogP contribution in [0.1, 0.15) is 27.1 Å². The van der Waals surface area contributed by atoms with Crippen LogP contribution in [0.2, 0.25) is 10.0 Å². The fraction of sp³-hybridized carbons (Fsp3) is 0.125. The standard InChI is InChI=1S/C16H11Cl2NO2/c17-11-6-4-10(5-7-11)16(21)19-9-8-14(20)15-12(18)2-1-3-13(15)19/h1-7H,8-9H2. The van der Waals surface area contributed by atoms with E-state index in [1.807, 2.05) is 0 Å². The van der Waals surface area contributed by atoms with Crippen molar-refractivity contribution in [3.63, 3.8) is 0 Å². The molecule has 0 unspecified atom stereocenters. The van der Waals surface area contributed by atoms with E-state index < -0.39 is 0 Å². The van der Waals surface area contributed by atoms with E-state index in [0.29, 0.717) is 33.4 Å². The van der Waals surface area contributed by atoms with E-state index in [4.69, 9.17) is 23.2 Å². The molecular weight excluding hydrogens is 309 g/mol. The summed E-state index contributed by atoms with van der Waals surface area (Å²) in [7, 11) is 0. The van der Waals surface area contributed by atoms with Crippen LogP contribution in [0.4, 0.5) is 5.69 Å². The molecule has 2 aromatic rings. The molecule has 106 valence electrons. The monoisotopic (exact) mass is 319 g/mol. The number of Topliss-reactive ketones (excluding diaryl/α,β-unsaturated/α-hetero) is 1. The molecule has 0 aliphatic carbocycles. The lowest BCUT2D eigenvalue weighted by Crippen LogP contribution is -2.37. The summed E-state index contributed by atoms with van der Waals surface area (Å²) in [5, 5.41) is 0.954. The van der Waals surface area contributed by atoms with Crippen molar-refractivity contribution in [3.8, 4) is 0 Å². The van der Waals surface area contributed by atoms with Gasteiger partial charge < -0.3 is 4.90 Å². The van der Waals surface area contributed by atoms with E-state index in [1.165, 1.54) is 0 Å². The Kier molecular flexibility index (Phi) is 3.70. The number of fused-ring (bicyclic) bond motifs is 1. The summed E-state index contributed by atoms with van der Waals surface area (Å²) in [4.78, 5) is 26.2. The fourth-order valence-electron chi connectivity index (χ4n) is 2.43. The van der Waals surface area contributed by atoms with Crippen molar-refractivity contribution in [2.45, 2.75) is 6.42 Å². The highest BCUT2D eigenvalue weighted by atomic mass is 35.5. The predicted octanol–water partition coefficient (Wildman–Crippen LogP) is 4.23. The molecule has 0 saturated heterocycles. The number of ketones is 1. The van der Waals surface area contributed by atoms with Crippen molar-refractivity contribution in [2.75, 3.05) is 11.4 Å². The van der Waals surface area contributed by atoms with Crippen LogP contribution >= 0.6 is 23.2 Å². The van der Waals surface area contributed by atoms with Gasteiger partial charge in [0.2, 0.25) is 0 Å². The normalized spacial score (nSPS) is 14.0. The van der Waals surface area contributed by atoms with Crippen molar-refractivity contribution in [1.82, 2.24) is 0 Å². The molecule has 21 heavy (non-hydrogen) atoms. The number of rotatable bonds is 1. The molecule has 2 aromatic carbocycles. The van der Waals surface area contributed by atoms with Crippen molar-refractivity contribution in [3.05, 3.63) is 63.6 Å². The lowest BCUT2D eigenvalue weighted by molar-refractivity contribution is 0.0955. The van der Waals surface area contributed by atoms with Gasteiger partial charge in [0.15, 0.2) is 5.78 Å². The Morgan fingerprint density at radius 3 is 2.48 bits per heavy atom. The topological polar surface area (TPSA) is 37.4 Å². The van der Waals surface area contributed by atoms with E-state index in [1.54, 1.807) is 47.4 Å². The number of nitrogens with zero attached hydrogens (tertiary/aromatic N) is 1. The number of hydrogen-bond donors (Lipinski definition) is 0. The molecule has 3 rings (SSSR count). The molecule has 1 aliphatic rings. The number of anilines is 1. The van der Waals surface area contributed by atoms with Gasteiger partial charge in [-0.3, -0.25) is 9.59 Å². The number of amides is 1. The largest absolute Gasteiger partial charge is 0.307 e. The molecule has 5 heteroatoms. The average molecular weight is 320 g/mol.